The number of hydrazone groups is 1. The molecular weight excluding hydrogens is 788 g/mol. The van der Waals surface area contributed by atoms with Gasteiger partial charge in [-0.2, -0.15) is 5.10 Å². The van der Waals surface area contributed by atoms with Crippen molar-refractivity contribution in [1.82, 2.24) is 20.7 Å². The minimum absolute atomic E-state index is 0.0504. The predicted octanol–water partition coefficient (Wildman–Crippen LogP) is 2.93. The van der Waals surface area contributed by atoms with E-state index in [-0.39, 0.29) is 62.2 Å². The molecule has 0 aliphatic heterocycles. The fraction of sp³-hybridized carbons (Fsp3) is 0.846. The summed E-state index contributed by atoms with van der Waals surface area (Å²) in [4.78, 5) is 58.8. The van der Waals surface area contributed by atoms with E-state index in [0.29, 0.717) is 76.7 Å². The minimum atomic E-state index is -0.476. The lowest BCUT2D eigenvalue weighted by Gasteiger charge is -2.09. The summed E-state index contributed by atoms with van der Waals surface area (Å²) in [5.74, 6) is 5.84. The Balaban J connectivity index is 3.39. The first kappa shape index (κ1) is 55.4. The van der Waals surface area contributed by atoms with Crippen LogP contribution in [0.15, 0.2) is 5.10 Å². The van der Waals surface area contributed by atoms with E-state index in [1.165, 1.54) is 76.2 Å². The number of nitrogens with one attached hydrogen (secondary N) is 4. The van der Waals surface area contributed by atoms with E-state index in [4.69, 9.17) is 36.3 Å². The molecule has 0 aliphatic rings. The molecule has 2 unspecified atom stereocenters. The van der Waals surface area contributed by atoms with Crippen molar-refractivity contribution in [3.63, 3.8) is 0 Å². The Labute approximate surface area is 354 Å². The zero-order valence-corrected chi connectivity index (χ0v) is 37.0. The van der Waals surface area contributed by atoms with E-state index in [9.17, 15) is 24.0 Å². The Morgan fingerprint density at radius 2 is 0.983 bits per heavy atom. The van der Waals surface area contributed by atoms with Gasteiger partial charge in [-0.15, -0.1) is 0 Å². The van der Waals surface area contributed by atoms with Crippen molar-refractivity contribution in [2.24, 2.45) is 22.4 Å². The molecule has 0 saturated heterocycles. The van der Waals surface area contributed by atoms with Crippen molar-refractivity contribution in [1.29, 1.82) is 0 Å². The smallest absolute Gasteiger partial charge is 0.246 e. The lowest BCUT2D eigenvalue weighted by atomic mass is 10.0. The molecular formula is C39H77N8O9PS. The van der Waals surface area contributed by atoms with Crippen LogP contribution in [0.4, 0.5) is 0 Å². The summed E-state index contributed by atoms with van der Waals surface area (Å²) in [5.41, 5.74) is 11.1. The van der Waals surface area contributed by atoms with Gasteiger partial charge in [0.25, 0.3) is 0 Å². The van der Waals surface area contributed by atoms with Crippen LogP contribution >= 0.6 is 21.2 Å². The molecule has 0 fully saturated rings. The molecule has 0 saturated carbocycles. The van der Waals surface area contributed by atoms with Crippen LogP contribution in [-0.4, -0.2) is 119 Å². The Kier molecular flexibility index (Phi) is 40.6. The van der Waals surface area contributed by atoms with E-state index in [0.717, 1.165) is 38.5 Å². The second kappa shape index (κ2) is 42.5. The molecule has 0 aliphatic carbocycles. The van der Waals surface area contributed by atoms with Gasteiger partial charge in [-0.25, -0.2) is 0 Å². The largest absolute Gasteiger partial charge is 0.386 e. The number of amidine groups is 1. The monoisotopic (exact) mass is 865 g/mol. The van der Waals surface area contributed by atoms with Crippen LogP contribution in [-0.2, 0) is 42.9 Å². The lowest BCUT2D eigenvalue weighted by molar-refractivity contribution is -0.127. The van der Waals surface area contributed by atoms with Crippen LogP contribution < -0.4 is 38.0 Å². The highest BCUT2D eigenvalue weighted by Gasteiger charge is 2.08. The number of unbranched alkanes of at least 4 members (excludes halogenated alkanes) is 13. The number of carbonyl (C=O) groups is 5. The molecule has 0 radical (unpaired) electrons. The SMILES string of the molecule is N/N=C(\N)CCCCCCCCCCCCCCCC(=O)NSCCCC(=O)NCCOCCOCC(=O)NCCOCCOCC(=O)NCCCCC(N)C(=O)P. The van der Waals surface area contributed by atoms with Crippen LogP contribution in [0.5, 0.6) is 0 Å². The topological polar surface area (TPSA) is 261 Å². The highest BCUT2D eigenvalue weighted by atomic mass is 32.2. The zero-order chi connectivity index (χ0) is 42.7. The van der Waals surface area contributed by atoms with E-state index in [2.05, 4.69) is 35.0 Å². The van der Waals surface area contributed by atoms with Crippen molar-refractivity contribution >= 4 is 56.2 Å². The second-order valence-corrected chi connectivity index (χ2v) is 15.5. The number of nitrogens with zero attached hydrogens (tertiary/aromatic N) is 1. The molecule has 0 heterocycles. The lowest BCUT2D eigenvalue weighted by Crippen LogP contribution is -2.32. The van der Waals surface area contributed by atoms with Crippen LogP contribution in [0.2, 0.25) is 0 Å². The van der Waals surface area contributed by atoms with E-state index in [1.54, 1.807) is 0 Å². The molecule has 0 aromatic carbocycles. The second-order valence-electron chi connectivity index (χ2n) is 14.1. The van der Waals surface area contributed by atoms with Crippen LogP contribution in [0.1, 0.15) is 128 Å². The van der Waals surface area contributed by atoms with Crippen molar-refractivity contribution in [3.8, 4) is 0 Å². The number of hydrogen-bond acceptors (Lipinski definition) is 13. The molecule has 0 spiro atoms. The Morgan fingerprint density at radius 1 is 0.534 bits per heavy atom. The van der Waals surface area contributed by atoms with E-state index >= 15 is 0 Å². The maximum absolute atomic E-state index is 12.1. The molecule has 58 heavy (non-hydrogen) atoms. The Hall–Kier alpha value is -2.60. The minimum Gasteiger partial charge on any atom is -0.386 e. The standard InChI is InChI=1S/C39H77N8O9PS/c40-33(39(52)57)17-14-15-21-43-37(50)31-55-28-27-54-25-23-45-38(51)32-56-29-26-53-24-22-44-35(48)20-16-30-58-47-36(49)19-13-11-9-7-5-3-1-2-4-6-8-10-12-18-34(41)46-42/h33H,1-32,40,42,57H2,(H2,41,46)(H,43,50)(H,44,48)(H,45,51)(H,47,49). The highest BCUT2D eigenvalue weighted by Crippen LogP contribution is 2.14. The van der Waals surface area contributed by atoms with Crippen molar-refractivity contribution < 1.29 is 42.9 Å². The first-order chi connectivity index (χ1) is 28.1. The van der Waals surface area contributed by atoms with Gasteiger partial charge in [-0.1, -0.05) is 91.8 Å². The maximum Gasteiger partial charge on any atom is 0.246 e. The predicted molar refractivity (Wildman–Crippen MR) is 234 cm³/mol. The molecule has 0 aromatic rings. The van der Waals surface area contributed by atoms with Gasteiger partial charge in [-0.05, 0) is 38.5 Å². The quantitative estimate of drug-likeness (QED) is 0.00886. The third-order valence-electron chi connectivity index (χ3n) is 8.82. The van der Waals surface area contributed by atoms with Crippen LogP contribution in [0.25, 0.3) is 0 Å². The first-order valence-electron chi connectivity index (χ1n) is 21.2. The molecule has 4 amide bonds. The number of amides is 4. The molecule has 17 nitrogen and oxygen atoms in total. The van der Waals surface area contributed by atoms with Crippen LogP contribution in [0.3, 0.4) is 0 Å². The number of hydrogen-bond donors (Lipinski definition) is 7. The summed E-state index contributed by atoms with van der Waals surface area (Å²) >= 11 is 1.36. The molecule has 19 heteroatoms. The summed E-state index contributed by atoms with van der Waals surface area (Å²) in [5, 5.41) is 11.7. The molecule has 0 aromatic heterocycles. The van der Waals surface area contributed by atoms with Gasteiger partial charge in [0.15, 0.2) is 5.52 Å². The third-order valence-corrected chi connectivity index (χ3v) is 10.1. The van der Waals surface area contributed by atoms with Gasteiger partial charge in [0.1, 0.15) is 19.0 Å². The van der Waals surface area contributed by atoms with E-state index in [1.807, 2.05) is 0 Å². The Morgan fingerprint density at radius 3 is 1.50 bits per heavy atom. The molecule has 0 rings (SSSR count). The van der Waals surface area contributed by atoms with Gasteiger partial charge < -0.3 is 56.9 Å². The van der Waals surface area contributed by atoms with Gasteiger partial charge in [0, 0.05) is 44.6 Å². The van der Waals surface area contributed by atoms with Crippen LogP contribution in [0, 0.1) is 0 Å². The molecule has 10 N–H and O–H groups in total. The first-order valence-corrected chi connectivity index (χ1v) is 22.8. The van der Waals surface area contributed by atoms with Crippen molar-refractivity contribution in [2.75, 3.05) is 78.2 Å². The summed E-state index contributed by atoms with van der Waals surface area (Å²) in [7, 11) is 2.08. The van der Waals surface area contributed by atoms with Gasteiger partial charge >= 0.3 is 0 Å². The number of carbonyl (C=O) groups excluding carboxylic acids is 5. The van der Waals surface area contributed by atoms with E-state index < -0.39 is 6.04 Å². The normalized spacial score (nSPS) is 11.9. The van der Waals surface area contributed by atoms with Crippen molar-refractivity contribution in [3.05, 3.63) is 0 Å². The maximum atomic E-state index is 12.1. The number of nitrogens with two attached hydrogens (primary N) is 3. The fourth-order valence-electron chi connectivity index (χ4n) is 5.43. The summed E-state index contributed by atoms with van der Waals surface area (Å²) in [6, 6.07) is -0.476. The summed E-state index contributed by atoms with van der Waals surface area (Å²) in [6.07, 6.45) is 20.1. The third kappa shape index (κ3) is 41.6. The number of rotatable bonds is 43. The molecule has 0 bridgehead atoms. The molecule has 2 atom stereocenters. The van der Waals surface area contributed by atoms with Crippen molar-refractivity contribution in [2.45, 2.75) is 134 Å². The van der Waals surface area contributed by atoms with Gasteiger partial charge in [-0.3, -0.25) is 24.0 Å². The summed E-state index contributed by atoms with van der Waals surface area (Å²) in [6.45, 7) is 2.70. The number of ether oxygens (including phenoxy) is 4. The molecule has 338 valence electrons. The van der Waals surface area contributed by atoms with Gasteiger partial charge in [0.2, 0.25) is 23.6 Å². The highest BCUT2D eigenvalue weighted by molar-refractivity contribution is 7.97. The van der Waals surface area contributed by atoms with Gasteiger partial charge in [0.05, 0.1) is 45.7 Å². The summed E-state index contributed by atoms with van der Waals surface area (Å²) < 4.78 is 24.3. The average molecular weight is 865 g/mol. The zero-order valence-electron chi connectivity index (χ0n) is 35.0. The fourth-order valence-corrected chi connectivity index (χ4v) is 6.25. The Bertz CT molecular complexity index is 1100. The average Bonchev–Trinajstić information content (AvgIpc) is 3.20.